The van der Waals surface area contributed by atoms with E-state index >= 15 is 0 Å². The van der Waals surface area contributed by atoms with Crippen LogP contribution in [0.15, 0.2) is 84.0 Å². The second kappa shape index (κ2) is 22.8. The first-order valence-corrected chi connectivity index (χ1v) is 21.5. The maximum atomic E-state index is 14.8. The van der Waals surface area contributed by atoms with Gasteiger partial charge in [0.25, 0.3) is 0 Å². The van der Waals surface area contributed by atoms with Crippen molar-refractivity contribution in [1.29, 1.82) is 0 Å². The quantitative estimate of drug-likeness (QED) is 0.0298. The minimum Gasteiger partial charge on any atom is -0.494 e. The molecule has 6 amide bonds. The molecule has 5 rings (SSSR count). The topological polar surface area (TPSA) is 278 Å². The van der Waals surface area contributed by atoms with E-state index in [0.29, 0.717) is 19.4 Å². The lowest BCUT2D eigenvalue weighted by Crippen LogP contribution is -2.65. The number of para-hydroxylation sites is 1. The van der Waals surface area contributed by atoms with Crippen LogP contribution < -0.4 is 48.5 Å². The van der Waals surface area contributed by atoms with Gasteiger partial charge in [-0.2, -0.15) is 0 Å². The van der Waals surface area contributed by atoms with E-state index in [1.165, 1.54) is 0 Å². The summed E-state index contributed by atoms with van der Waals surface area (Å²) in [6.45, 7) is 4.02. The monoisotopic (exact) mass is 864 g/mol. The summed E-state index contributed by atoms with van der Waals surface area (Å²) in [5.74, 6) is -3.07. The van der Waals surface area contributed by atoms with Gasteiger partial charge in [-0.15, -0.1) is 0 Å². The van der Waals surface area contributed by atoms with Gasteiger partial charge in [0.1, 0.15) is 29.4 Å². The van der Waals surface area contributed by atoms with E-state index in [2.05, 4.69) is 36.6 Å². The van der Waals surface area contributed by atoms with Gasteiger partial charge < -0.3 is 53.5 Å². The highest BCUT2D eigenvalue weighted by Gasteiger charge is 2.45. The molecule has 1 aromatic heterocycles. The van der Waals surface area contributed by atoms with Crippen LogP contribution in [0.25, 0.3) is 10.9 Å². The first-order valence-electron chi connectivity index (χ1n) is 21.5. The maximum absolute atomic E-state index is 14.8. The van der Waals surface area contributed by atoms with Gasteiger partial charge in [-0.3, -0.25) is 33.8 Å². The van der Waals surface area contributed by atoms with E-state index in [0.717, 1.165) is 45.3 Å². The number of amides is 6. The number of carbonyl (C=O) groups excluding carboxylic acids is 6. The third-order valence-electron chi connectivity index (χ3n) is 11.0. The number of aromatic nitrogens is 1. The Labute approximate surface area is 367 Å². The smallest absolute Gasteiger partial charge is 0.246 e. The molecule has 1 heterocycles. The summed E-state index contributed by atoms with van der Waals surface area (Å²) in [5, 5.41) is 15.0. The van der Waals surface area contributed by atoms with Crippen molar-refractivity contribution in [2.24, 2.45) is 22.2 Å². The molecule has 0 unspecified atom stereocenters. The van der Waals surface area contributed by atoms with Crippen molar-refractivity contribution in [3.05, 3.63) is 101 Å². The Bertz CT molecular complexity index is 2260. The number of ether oxygens (including phenoxy) is 1. The van der Waals surface area contributed by atoms with Gasteiger partial charge in [-0.25, -0.2) is 0 Å². The average Bonchev–Trinajstić information content (AvgIpc) is 3.68. The van der Waals surface area contributed by atoms with E-state index in [1.807, 2.05) is 86.6 Å². The average molecular weight is 865 g/mol. The van der Waals surface area contributed by atoms with Gasteiger partial charge in [-0.1, -0.05) is 74.0 Å². The van der Waals surface area contributed by atoms with Crippen molar-refractivity contribution >= 4 is 52.3 Å². The number of nitrogens with one attached hydrogen (secondary N) is 6. The molecular weight excluding hydrogens is 805 g/mol. The van der Waals surface area contributed by atoms with Crippen LogP contribution in [0.4, 0.5) is 0 Å². The number of aliphatic imine (C=N–C) groups is 1. The van der Waals surface area contributed by atoms with Crippen LogP contribution in [0.5, 0.6) is 5.75 Å². The minimum absolute atomic E-state index is 0.0307. The molecule has 1 aliphatic rings. The summed E-state index contributed by atoms with van der Waals surface area (Å²) in [5.41, 5.74) is 19.1. The zero-order chi connectivity index (χ0) is 45.4. The molecule has 0 aliphatic heterocycles. The predicted octanol–water partition coefficient (Wildman–Crippen LogP) is 1.70. The Kier molecular flexibility index (Phi) is 17.1. The fraction of sp³-hybridized carbons (Fsp3) is 0.413. The normalized spacial score (nSPS) is 15.7. The molecule has 12 N–H and O–H groups in total. The second-order valence-corrected chi connectivity index (χ2v) is 15.8. The molecule has 0 radical (unpaired) electrons. The lowest BCUT2D eigenvalue weighted by molar-refractivity contribution is -0.137. The van der Waals surface area contributed by atoms with Crippen molar-refractivity contribution in [1.82, 2.24) is 31.6 Å². The van der Waals surface area contributed by atoms with E-state index < -0.39 is 59.7 Å². The molecule has 17 heteroatoms. The SMILES string of the molecule is CCCCC(=O)N[C@@]1(C(=O)N[C@H](Cc2ccccc2)C(=O)N[C@@H](CCCN=C(N)N)C(=O)N[C@@H](Cc2c[nH]c3ccccc23)C(=O)NCC(N)=O)CCc2c(cccc2OCC)C1. The van der Waals surface area contributed by atoms with Crippen molar-refractivity contribution in [3.8, 4) is 5.75 Å². The van der Waals surface area contributed by atoms with Gasteiger partial charge in [0, 0.05) is 49.3 Å². The van der Waals surface area contributed by atoms with Crippen LogP contribution in [0.1, 0.15) is 74.6 Å². The number of carbonyl (C=O) groups is 6. The molecule has 63 heavy (non-hydrogen) atoms. The summed E-state index contributed by atoms with van der Waals surface area (Å²) in [6, 6.07) is 18.6. The fourth-order valence-corrected chi connectivity index (χ4v) is 7.83. The Morgan fingerprint density at radius 1 is 0.810 bits per heavy atom. The lowest BCUT2D eigenvalue weighted by atomic mass is 9.76. The van der Waals surface area contributed by atoms with E-state index in [1.54, 1.807) is 6.20 Å². The predicted molar refractivity (Wildman–Crippen MR) is 240 cm³/mol. The molecule has 0 saturated carbocycles. The number of rotatable bonds is 23. The van der Waals surface area contributed by atoms with Crippen LogP contribution in [-0.2, 0) is 54.5 Å². The Hall–Kier alpha value is -6.91. The highest BCUT2D eigenvalue weighted by molar-refractivity contribution is 5.98. The number of hydrogen-bond donors (Lipinski definition) is 9. The first-order chi connectivity index (χ1) is 30.3. The second-order valence-electron chi connectivity index (χ2n) is 15.8. The molecule has 0 bridgehead atoms. The Morgan fingerprint density at radius 3 is 2.25 bits per heavy atom. The zero-order valence-electron chi connectivity index (χ0n) is 36.0. The number of hydrogen-bond acceptors (Lipinski definition) is 8. The summed E-state index contributed by atoms with van der Waals surface area (Å²) in [7, 11) is 0. The number of guanidine groups is 1. The summed E-state index contributed by atoms with van der Waals surface area (Å²) >= 11 is 0. The van der Waals surface area contributed by atoms with Crippen LogP contribution in [0.2, 0.25) is 0 Å². The van der Waals surface area contributed by atoms with Crippen LogP contribution in [0.3, 0.4) is 0 Å². The van der Waals surface area contributed by atoms with Gasteiger partial charge in [0.2, 0.25) is 35.4 Å². The number of H-pyrrole nitrogens is 1. The molecule has 3 aromatic carbocycles. The number of aromatic amines is 1. The zero-order valence-corrected chi connectivity index (χ0v) is 36.0. The van der Waals surface area contributed by atoms with Crippen molar-refractivity contribution in [2.45, 2.75) is 102 Å². The van der Waals surface area contributed by atoms with Crippen molar-refractivity contribution in [2.75, 3.05) is 19.7 Å². The van der Waals surface area contributed by atoms with Gasteiger partial charge in [0.15, 0.2) is 5.96 Å². The number of fused-ring (bicyclic) bond motifs is 2. The number of benzene rings is 3. The van der Waals surface area contributed by atoms with Crippen LogP contribution >= 0.6 is 0 Å². The number of nitrogens with zero attached hydrogens (tertiary/aromatic N) is 1. The third-order valence-corrected chi connectivity index (χ3v) is 11.0. The summed E-state index contributed by atoms with van der Waals surface area (Å²) in [6.07, 6.45) is 4.60. The van der Waals surface area contributed by atoms with Crippen molar-refractivity contribution in [3.63, 3.8) is 0 Å². The minimum atomic E-state index is -1.40. The molecule has 1 aliphatic carbocycles. The Balaban J connectivity index is 1.45. The van der Waals surface area contributed by atoms with Gasteiger partial charge in [0.05, 0.1) is 13.2 Å². The van der Waals surface area contributed by atoms with Gasteiger partial charge >= 0.3 is 0 Å². The first kappa shape index (κ1) is 47.1. The number of nitrogens with two attached hydrogens (primary N) is 3. The maximum Gasteiger partial charge on any atom is 0.246 e. The largest absolute Gasteiger partial charge is 0.494 e. The molecular formula is C46H60N10O7. The van der Waals surface area contributed by atoms with Crippen LogP contribution in [-0.4, -0.2) is 89.7 Å². The molecule has 0 saturated heterocycles. The number of unbranched alkanes of at least 4 members (excludes halogenated alkanes) is 1. The van der Waals surface area contributed by atoms with Crippen LogP contribution in [0, 0.1) is 0 Å². The Morgan fingerprint density at radius 2 is 1.52 bits per heavy atom. The molecule has 4 atom stereocenters. The van der Waals surface area contributed by atoms with E-state index in [4.69, 9.17) is 21.9 Å². The molecule has 0 spiro atoms. The molecule has 0 fully saturated rings. The highest BCUT2D eigenvalue weighted by atomic mass is 16.5. The molecule has 17 nitrogen and oxygen atoms in total. The molecule has 336 valence electrons. The summed E-state index contributed by atoms with van der Waals surface area (Å²) in [4.78, 5) is 89.5. The summed E-state index contributed by atoms with van der Waals surface area (Å²) < 4.78 is 5.90. The van der Waals surface area contributed by atoms with E-state index in [9.17, 15) is 28.8 Å². The third kappa shape index (κ3) is 13.3. The van der Waals surface area contributed by atoms with Crippen molar-refractivity contribution < 1.29 is 33.5 Å². The molecule has 4 aromatic rings. The van der Waals surface area contributed by atoms with E-state index in [-0.39, 0.29) is 63.4 Å². The fourth-order valence-electron chi connectivity index (χ4n) is 7.83. The number of primary amides is 1. The highest BCUT2D eigenvalue weighted by Crippen LogP contribution is 2.35. The standard InChI is InChI=1S/C46H60N10O7/c1-3-5-20-40(58)56-46(22-21-33-30(26-46)15-11-19-38(33)63-4-2)44(62)55-36(24-29-13-7-6-8-14-29)43(61)53-35(18-12-23-50-45(48)49)42(60)54-37(41(59)52-28-39(47)57)25-31-27-51-34-17-10-9-16-32(31)34/h6-11,13-17,19,27,35-37,51H,3-5,12,18,20-26,28H2,1-2H3,(H2,47,57)(H,52,59)(H,53,61)(H,54,60)(H,55,62)(H,56,58)(H4,48,49,50)/t35-,36+,37-,46-/m0/s1. The van der Waals surface area contributed by atoms with Gasteiger partial charge in [-0.05, 0) is 73.4 Å². The lowest BCUT2D eigenvalue weighted by Gasteiger charge is -2.39.